The molecule has 0 amide bonds. The smallest absolute Gasteiger partial charge is 0.324 e. The second kappa shape index (κ2) is 6.36. The second-order valence-electron chi connectivity index (χ2n) is 4.50. The van der Waals surface area contributed by atoms with Gasteiger partial charge in [-0.25, -0.2) is 4.98 Å². The van der Waals surface area contributed by atoms with Gasteiger partial charge in [0, 0.05) is 26.7 Å². The maximum Gasteiger partial charge on any atom is 0.324 e. The summed E-state index contributed by atoms with van der Waals surface area (Å²) in [5.41, 5.74) is 0. The van der Waals surface area contributed by atoms with E-state index in [9.17, 15) is 4.79 Å². The molecule has 0 spiro atoms. The van der Waals surface area contributed by atoms with E-state index in [2.05, 4.69) is 15.2 Å². The van der Waals surface area contributed by atoms with E-state index in [0.717, 1.165) is 18.9 Å². The summed E-state index contributed by atoms with van der Waals surface area (Å²) >= 11 is 5.97. The molecule has 1 aliphatic rings. The zero-order chi connectivity index (χ0) is 13.8. The first-order valence-corrected chi connectivity index (χ1v) is 6.78. The molecule has 0 aromatic carbocycles. The van der Waals surface area contributed by atoms with Crippen LogP contribution in [0, 0.1) is 0 Å². The Morgan fingerprint density at radius 1 is 1.68 bits per heavy atom. The van der Waals surface area contributed by atoms with Crippen molar-refractivity contribution in [2.45, 2.75) is 19.5 Å². The van der Waals surface area contributed by atoms with Gasteiger partial charge >= 0.3 is 5.97 Å². The maximum absolute atomic E-state index is 11.9. The van der Waals surface area contributed by atoms with Crippen LogP contribution in [-0.4, -0.2) is 52.7 Å². The van der Waals surface area contributed by atoms with Gasteiger partial charge in [-0.3, -0.25) is 9.69 Å². The van der Waals surface area contributed by atoms with Crippen LogP contribution in [0.4, 0.5) is 0 Å². The molecule has 106 valence electrons. The topological polar surface area (TPSA) is 59.4 Å². The van der Waals surface area contributed by atoms with Crippen LogP contribution in [0.5, 0.6) is 0 Å². The Kier molecular flexibility index (Phi) is 4.79. The average Bonchev–Trinajstić information content (AvgIpc) is 2.72. The van der Waals surface area contributed by atoms with Crippen molar-refractivity contribution in [3.8, 4) is 0 Å². The number of hydrogen-bond donors (Lipinski definition) is 1. The molecular formula is C12H19ClN4O2. The highest BCUT2D eigenvalue weighted by atomic mass is 35.5. The van der Waals surface area contributed by atoms with Crippen molar-refractivity contribution >= 4 is 17.6 Å². The normalized spacial score (nSPS) is 20.5. The van der Waals surface area contributed by atoms with Crippen LogP contribution in [0.25, 0.3) is 0 Å². The van der Waals surface area contributed by atoms with Gasteiger partial charge in [0.25, 0.3) is 0 Å². The Morgan fingerprint density at radius 3 is 3.11 bits per heavy atom. The van der Waals surface area contributed by atoms with E-state index in [1.807, 2.05) is 18.5 Å². The number of piperazine rings is 1. The second-order valence-corrected chi connectivity index (χ2v) is 4.89. The third kappa shape index (κ3) is 3.26. The van der Waals surface area contributed by atoms with E-state index < -0.39 is 0 Å². The minimum atomic E-state index is -0.260. The average molecular weight is 287 g/mol. The van der Waals surface area contributed by atoms with Gasteiger partial charge in [0.1, 0.15) is 17.0 Å². The Labute approximate surface area is 117 Å². The fraction of sp³-hybridized carbons (Fsp3) is 0.667. The maximum atomic E-state index is 11.9. The molecule has 1 atom stereocenters. The zero-order valence-corrected chi connectivity index (χ0v) is 12.0. The number of carbonyl (C=O) groups excluding carboxylic acids is 1. The van der Waals surface area contributed by atoms with Gasteiger partial charge in [0.15, 0.2) is 0 Å². The van der Waals surface area contributed by atoms with E-state index in [1.165, 1.54) is 0 Å². The van der Waals surface area contributed by atoms with Gasteiger partial charge in [-0.15, -0.1) is 0 Å². The molecule has 2 rings (SSSR count). The Balaban J connectivity index is 2.07. The lowest BCUT2D eigenvalue weighted by molar-refractivity contribution is -0.150. The summed E-state index contributed by atoms with van der Waals surface area (Å²) in [7, 11) is 1.87. The van der Waals surface area contributed by atoms with Crippen LogP contribution in [-0.2, 0) is 23.1 Å². The number of esters is 1. The SMILES string of the molecule is CCOC(=O)C1CNCCN1Cc1ncc(Cl)n1C. The van der Waals surface area contributed by atoms with Crippen LogP contribution in [0.2, 0.25) is 5.15 Å². The number of imidazole rings is 1. The van der Waals surface area contributed by atoms with Crippen molar-refractivity contribution < 1.29 is 9.53 Å². The minimum absolute atomic E-state index is 0.185. The quantitative estimate of drug-likeness (QED) is 0.813. The van der Waals surface area contributed by atoms with Crippen LogP contribution in [0.3, 0.4) is 0 Å². The van der Waals surface area contributed by atoms with Crippen LogP contribution < -0.4 is 5.32 Å². The van der Waals surface area contributed by atoms with Gasteiger partial charge in [-0.1, -0.05) is 11.6 Å². The highest BCUT2D eigenvalue weighted by molar-refractivity contribution is 6.29. The number of ether oxygens (including phenoxy) is 1. The Morgan fingerprint density at radius 2 is 2.47 bits per heavy atom. The third-order valence-electron chi connectivity index (χ3n) is 3.29. The van der Waals surface area contributed by atoms with Gasteiger partial charge < -0.3 is 14.6 Å². The number of rotatable bonds is 4. The molecule has 1 aliphatic heterocycles. The molecule has 2 heterocycles. The summed E-state index contributed by atoms with van der Waals surface area (Å²) in [5.74, 6) is 0.663. The summed E-state index contributed by atoms with van der Waals surface area (Å²) in [4.78, 5) is 18.3. The number of nitrogens with zero attached hydrogens (tertiary/aromatic N) is 3. The largest absolute Gasteiger partial charge is 0.465 e. The summed E-state index contributed by atoms with van der Waals surface area (Å²) < 4.78 is 6.94. The molecule has 0 radical (unpaired) electrons. The van der Waals surface area contributed by atoms with E-state index in [1.54, 1.807) is 6.20 Å². The number of aromatic nitrogens is 2. The molecule has 1 fully saturated rings. The van der Waals surface area contributed by atoms with Crippen LogP contribution in [0.1, 0.15) is 12.7 Å². The van der Waals surface area contributed by atoms with Crippen molar-refractivity contribution in [3.63, 3.8) is 0 Å². The predicted molar refractivity (Wildman–Crippen MR) is 71.9 cm³/mol. The van der Waals surface area contributed by atoms with Crippen molar-refractivity contribution in [1.29, 1.82) is 0 Å². The first-order valence-electron chi connectivity index (χ1n) is 6.41. The highest BCUT2D eigenvalue weighted by Gasteiger charge is 2.30. The monoisotopic (exact) mass is 286 g/mol. The summed E-state index contributed by atoms with van der Waals surface area (Å²) in [5, 5.41) is 3.81. The molecule has 1 aromatic heterocycles. The fourth-order valence-electron chi connectivity index (χ4n) is 2.16. The molecular weight excluding hydrogens is 268 g/mol. The van der Waals surface area contributed by atoms with E-state index >= 15 is 0 Å². The molecule has 1 unspecified atom stereocenters. The van der Waals surface area contributed by atoms with Gasteiger partial charge in [0.05, 0.1) is 19.3 Å². The third-order valence-corrected chi connectivity index (χ3v) is 3.64. The summed E-state index contributed by atoms with van der Waals surface area (Å²) in [6.07, 6.45) is 1.62. The number of halogens is 1. The predicted octanol–water partition coefficient (Wildman–Crippen LogP) is 0.410. The summed E-state index contributed by atoms with van der Waals surface area (Å²) in [6, 6.07) is -0.260. The van der Waals surface area contributed by atoms with Crippen molar-refractivity contribution in [1.82, 2.24) is 19.8 Å². The van der Waals surface area contributed by atoms with Gasteiger partial charge in [0.2, 0.25) is 0 Å². The van der Waals surface area contributed by atoms with Gasteiger partial charge in [-0.05, 0) is 6.92 Å². The van der Waals surface area contributed by atoms with Gasteiger partial charge in [-0.2, -0.15) is 0 Å². The molecule has 0 aliphatic carbocycles. The molecule has 0 saturated carbocycles. The molecule has 19 heavy (non-hydrogen) atoms. The zero-order valence-electron chi connectivity index (χ0n) is 11.2. The number of hydrogen-bond acceptors (Lipinski definition) is 5. The lowest BCUT2D eigenvalue weighted by Crippen LogP contribution is -2.55. The van der Waals surface area contributed by atoms with E-state index in [-0.39, 0.29) is 12.0 Å². The molecule has 0 bridgehead atoms. The highest BCUT2D eigenvalue weighted by Crippen LogP contribution is 2.14. The van der Waals surface area contributed by atoms with E-state index in [4.69, 9.17) is 16.3 Å². The van der Waals surface area contributed by atoms with Crippen LogP contribution >= 0.6 is 11.6 Å². The Hall–Kier alpha value is -1.11. The molecule has 7 heteroatoms. The molecule has 1 aromatic rings. The first kappa shape index (κ1) is 14.3. The van der Waals surface area contributed by atoms with Crippen LogP contribution in [0.15, 0.2) is 6.20 Å². The molecule has 6 nitrogen and oxygen atoms in total. The first-order chi connectivity index (χ1) is 9.13. The fourth-order valence-corrected chi connectivity index (χ4v) is 2.31. The standard InChI is InChI=1S/C12H19ClN4O2/c1-3-19-12(18)9-6-14-4-5-17(9)8-11-15-7-10(13)16(11)2/h7,9,14H,3-6,8H2,1-2H3. The van der Waals surface area contributed by atoms with Crippen molar-refractivity contribution in [2.75, 3.05) is 26.2 Å². The van der Waals surface area contributed by atoms with Crippen molar-refractivity contribution in [3.05, 3.63) is 17.2 Å². The van der Waals surface area contributed by atoms with Crippen molar-refractivity contribution in [2.24, 2.45) is 7.05 Å². The number of carbonyl (C=O) groups is 1. The molecule has 1 saturated heterocycles. The molecule has 1 N–H and O–H groups in total. The minimum Gasteiger partial charge on any atom is -0.465 e. The number of nitrogens with one attached hydrogen (secondary N) is 1. The lowest BCUT2D eigenvalue weighted by atomic mass is 10.2. The lowest BCUT2D eigenvalue weighted by Gasteiger charge is -2.34. The Bertz CT molecular complexity index is 449. The van der Waals surface area contributed by atoms with E-state index in [0.29, 0.717) is 24.8 Å². The summed E-state index contributed by atoms with van der Waals surface area (Å²) in [6.45, 7) is 5.06.